The minimum absolute atomic E-state index is 0.0583. The van der Waals surface area contributed by atoms with E-state index in [1.807, 2.05) is 63.2 Å². The first-order valence-corrected chi connectivity index (χ1v) is 13.2. The Balaban J connectivity index is 1.69. The van der Waals surface area contributed by atoms with E-state index in [2.05, 4.69) is 32.5 Å². The number of carbonyl (C=O) groups is 1. The van der Waals surface area contributed by atoms with Crippen LogP contribution in [0.25, 0.3) is 16.6 Å². The second-order valence-corrected chi connectivity index (χ2v) is 10.2. The van der Waals surface area contributed by atoms with Crippen LogP contribution in [0.5, 0.6) is 5.75 Å². The minimum Gasteiger partial charge on any atom is -0.479 e. The Morgan fingerprint density at radius 3 is 2.50 bits per heavy atom. The van der Waals surface area contributed by atoms with Crippen molar-refractivity contribution in [3.05, 3.63) is 86.1 Å². The van der Waals surface area contributed by atoms with Gasteiger partial charge in [0.25, 0.3) is 5.56 Å². The Labute approximate surface area is 230 Å². The maximum absolute atomic E-state index is 13.4. The average molecular weight is 579 g/mol. The fourth-order valence-corrected chi connectivity index (χ4v) is 4.67. The Hall–Kier alpha value is -3.72. The van der Waals surface area contributed by atoms with E-state index in [1.54, 1.807) is 19.2 Å². The SMILES string of the molecule is CC[C@@H](C)c1nc2ccc(Br)cc2c(=O)n1N=Cc1cc(C)n(-c2ccc(O[C@H](C)C(=O)OC)cc2)c1C. The molecule has 198 valence electrons. The number of aryl methyl sites for hydroxylation is 1. The van der Waals surface area contributed by atoms with Crippen LogP contribution in [-0.2, 0) is 9.53 Å². The van der Waals surface area contributed by atoms with Crippen LogP contribution in [0.1, 0.15) is 55.9 Å². The predicted octanol–water partition coefficient (Wildman–Crippen LogP) is 5.90. The zero-order valence-electron chi connectivity index (χ0n) is 22.4. The highest BCUT2D eigenvalue weighted by Crippen LogP contribution is 2.24. The van der Waals surface area contributed by atoms with Gasteiger partial charge in [-0.25, -0.2) is 9.78 Å². The maximum atomic E-state index is 13.4. The van der Waals surface area contributed by atoms with Crippen LogP contribution < -0.4 is 10.3 Å². The average Bonchev–Trinajstić information content (AvgIpc) is 3.20. The molecule has 0 amide bonds. The highest BCUT2D eigenvalue weighted by Gasteiger charge is 2.17. The van der Waals surface area contributed by atoms with Crippen LogP contribution in [0.4, 0.5) is 0 Å². The predicted molar refractivity (Wildman–Crippen MR) is 153 cm³/mol. The molecule has 0 N–H and O–H groups in total. The summed E-state index contributed by atoms with van der Waals surface area (Å²) in [6, 6.07) is 15.0. The molecule has 9 heteroatoms. The quantitative estimate of drug-likeness (QED) is 0.192. The molecular formula is C29H31BrN4O4. The molecule has 0 aliphatic rings. The molecule has 0 unspecified atom stereocenters. The Bertz CT molecular complexity index is 1570. The van der Waals surface area contributed by atoms with Gasteiger partial charge in [0.05, 0.1) is 24.2 Å². The molecule has 0 spiro atoms. The van der Waals surface area contributed by atoms with E-state index < -0.39 is 12.1 Å². The van der Waals surface area contributed by atoms with Crippen molar-refractivity contribution in [3.63, 3.8) is 0 Å². The van der Waals surface area contributed by atoms with Gasteiger partial charge in [0.1, 0.15) is 11.6 Å². The third-order valence-corrected chi connectivity index (χ3v) is 7.10. The number of hydrogen-bond donors (Lipinski definition) is 0. The van der Waals surface area contributed by atoms with Crippen LogP contribution in [0.2, 0.25) is 0 Å². The van der Waals surface area contributed by atoms with Gasteiger partial charge < -0.3 is 14.0 Å². The highest BCUT2D eigenvalue weighted by molar-refractivity contribution is 9.10. The summed E-state index contributed by atoms with van der Waals surface area (Å²) in [6.07, 6.45) is 1.85. The van der Waals surface area contributed by atoms with E-state index >= 15 is 0 Å². The summed E-state index contributed by atoms with van der Waals surface area (Å²) in [7, 11) is 1.33. The first-order chi connectivity index (χ1) is 18.1. The van der Waals surface area contributed by atoms with E-state index in [1.165, 1.54) is 11.8 Å². The fraction of sp³-hybridized carbons (Fsp3) is 0.310. The molecule has 0 fully saturated rings. The number of rotatable bonds is 8. The lowest BCUT2D eigenvalue weighted by atomic mass is 10.1. The number of benzene rings is 2. The molecule has 2 aromatic heterocycles. The van der Waals surface area contributed by atoms with Crippen molar-refractivity contribution in [2.75, 3.05) is 7.11 Å². The molecule has 0 saturated heterocycles. The molecular weight excluding hydrogens is 548 g/mol. The number of nitrogens with zero attached hydrogens (tertiary/aromatic N) is 4. The number of ether oxygens (including phenoxy) is 2. The summed E-state index contributed by atoms with van der Waals surface area (Å²) in [5, 5.41) is 5.14. The topological polar surface area (TPSA) is 87.7 Å². The number of methoxy groups -OCH3 is 1. The van der Waals surface area contributed by atoms with Gasteiger partial charge in [-0.1, -0.05) is 29.8 Å². The van der Waals surface area contributed by atoms with E-state index in [0.29, 0.717) is 22.5 Å². The van der Waals surface area contributed by atoms with Crippen LogP contribution in [0.15, 0.2) is 62.9 Å². The van der Waals surface area contributed by atoms with E-state index in [9.17, 15) is 9.59 Å². The number of esters is 1. The zero-order chi connectivity index (χ0) is 27.6. The van der Waals surface area contributed by atoms with Gasteiger partial charge in [-0.2, -0.15) is 9.78 Å². The third-order valence-electron chi connectivity index (χ3n) is 6.61. The number of hydrogen-bond acceptors (Lipinski definition) is 6. The highest BCUT2D eigenvalue weighted by atomic mass is 79.9. The van der Waals surface area contributed by atoms with Crippen molar-refractivity contribution in [2.45, 2.75) is 53.1 Å². The summed E-state index contributed by atoms with van der Waals surface area (Å²) in [6.45, 7) is 9.78. The largest absolute Gasteiger partial charge is 0.479 e. The summed E-state index contributed by atoms with van der Waals surface area (Å²) in [5.41, 5.74) is 4.26. The van der Waals surface area contributed by atoms with Gasteiger partial charge in [0, 0.05) is 33.0 Å². The molecule has 0 radical (unpaired) electrons. The lowest BCUT2D eigenvalue weighted by molar-refractivity contribution is -0.147. The van der Waals surface area contributed by atoms with Crippen LogP contribution in [0.3, 0.4) is 0 Å². The van der Waals surface area contributed by atoms with Crippen molar-refractivity contribution in [1.29, 1.82) is 0 Å². The molecule has 2 heterocycles. The first-order valence-electron chi connectivity index (χ1n) is 12.4. The van der Waals surface area contributed by atoms with Crippen LogP contribution >= 0.6 is 15.9 Å². The molecule has 0 aliphatic heterocycles. The smallest absolute Gasteiger partial charge is 0.346 e. The van der Waals surface area contributed by atoms with Crippen molar-refractivity contribution >= 4 is 39.0 Å². The number of aromatic nitrogens is 3. The summed E-state index contributed by atoms with van der Waals surface area (Å²) >= 11 is 3.45. The van der Waals surface area contributed by atoms with E-state index in [4.69, 9.17) is 14.5 Å². The van der Waals surface area contributed by atoms with Gasteiger partial charge in [-0.3, -0.25) is 4.79 Å². The lowest BCUT2D eigenvalue weighted by Gasteiger charge is -2.14. The standard InChI is InChI=1S/C29H31BrN4O4/c1-7-17(2)27-32-26-13-8-22(30)15-25(26)28(35)34(27)31-16-21-14-18(3)33(19(21)4)23-9-11-24(12-10-23)38-20(5)29(36)37-6/h8-17,20H,7H2,1-6H3/t17-,20-/m1/s1. The van der Waals surface area contributed by atoms with Gasteiger partial charge in [-0.05, 0) is 75.7 Å². The molecule has 4 aromatic rings. The molecule has 0 aliphatic carbocycles. The monoisotopic (exact) mass is 578 g/mol. The van der Waals surface area contributed by atoms with Gasteiger partial charge >= 0.3 is 5.97 Å². The summed E-state index contributed by atoms with van der Waals surface area (Å²) < 4.78 is 14.7. The second kappa shape index (κ2) is 11.3. The molecule has 2 atom stereocenters. The van der Waals surface area contributed by atoms with Crippen molar-refractivity contribution in [1.82, 2.24) is 14.2 Å². The molecule has 0 bridgehead atoms. The first kappa shape index (κ1) is 27.3. The Morgan fingerprint density at radius 2 is 1.84 bits per heavy atom. The molecule has 2 aromatic carbocycles. The maximum Gasteiger partial charge on any atom is 0.346 e. The lowest BCUT2D eigenvalue weighted by Crippen LogP contribution is -2.24. The number of carbonyl (C=O) groups excluding carboxylic acids is 1. The van der Waals surface area contributed by atoms with Crippen LogP contribution in [-0.4, -0.2) is 39.6 Å². The number of fused-ring (bicyclic) bond motifs is 1. The van der Waals surface area contributed by atoms with Gasteiger partial charge in [-0.15, -0.1) is 0 Å². The van der Waals surface area contributed by atoms with Gasteiger partial charge in [0.15, 0.2) is 6.10 Å². The summed E-state index contributed by atoms with van der Waals surface area (Å²) in [5.74, 6) is 0.834. The molecule has 4 rings (SSSR count). The minimum atomic E-state index is -0.696. The Kier molecular flexibility index (Phi) is 8.16. The normalized spacial score (nSPS) is 13.1. The van der Waals surface area contributed by atoms with E-state index in [0.717, 1.165) is 33.5 Å². The molecule has 0 saturated carbocycles. The van der Waals surface area contributed by atoms with Crippen molar-refractivity contribution in [3.8, 4) is 11.4 Å². The second-order valence-electron chi connectivity index (χ2n) is 9.24. The van der Waals surface area contributed by atoms with Crippen LogP contribution in [0, 0.1) is 13.8 Å². The zero-order valence-corrected chi connectivity index (χ0v) is 23.9. The van der Waals surface area contributed by atoms with E-state index in [-0.39, 0.29) is 11.5 Å². The third kappa shape index (κ3) is 5.43. The summed E-state index contributed by atoms with van der Waals surface area (Å²) in [4.78, 5) is 29.9. The molecule has 8 nitrogen and oxygen atoms in total. The fourth-order valence-electron chi connectivity index (χ4n) is 4.31. The van der Waals surface area contributed by atoms with Crippen molar-refractivity contribution < 1.29 is 14.3 Å². The molecule has 38 heavy (non-hydrogen) atoms. The van der Waals surface area contributed by atoms with Crippen molar-refractivity contribution in [2.24, 2.45) is 5.10 Å². The number of halogens is 1. The van der Waals surface area contributed by atoms with Gasteiger partial charge in [0.2, 0.25) is 0 Å². The Morgan fingerprint density at radius 1 is 1.13 bits per heavy atom.